The lowest BCUT2D eigenvalue weighted by atomic mass is 10.1. The maximum absolute atomic E-state index is 12.3. The van der Waals surface area contributed by atoms with Crippen molar-refractivity contribution in [3.05, 3.63) is 18.0 Å². The van der Waals surface area contributed by atoms with Crippen LogP contribution in [0.5, 0.6) is 0 Å². The number of carboxylic acid groups (broad SMARTS) is 1. The van der Waals surface area contributed by atoms with Crippen molar-refractivity contribution in [1.29, 1.82) is 0 Å². The number of aliphatic carboxylic acids is 1. The van der Waals surface area contributed by atoms with Crippen LogP contribution in [0.15, 0.2) is 17.2 Å². The quantitative estimate of drug-likeness (QED) is 0.758. The number of carbonyl (C=O) groups is 2. The molecule has 1 aromatic heterocycles. The summed E-state index contributed by atoms with van der Waals surface area (Å²) in [5, 5.41) is 13.9. The number of nitrogens with zero attached hydrogens (tertiary/aromatic N) is 2. The number of primary sulfonamides is 1. The normalized spacial score (nSPS) is 19.3. The molecule has 8 nitrogen and oxygen atoms in total. The number of likely N-dealkylation sites (tertiary alicyclic amines) is 1. The molecule has 1 atom stereocenters. The van der Waals surface area contributed by atoms with E-state index in [0.717, 1.165) is 0 Å². The van der Waals surface area contributed by atoms with Gasteiger partial charge in [0.25, 0.3) is 5.91 Å². The van der Waals surface area contributed by atoms with Gasteiger partial charge in [-0.1, -0.05) is 0 Å². The Kier molecular flexibility index (Phi) is 3.57. The van der Waals surface area contributed by atoms with Crippen molar-refractivity contribution in [1.82, 2.24) is 9.47 Å². The molecule has 110 valence electrons. The van der Waals surface area contributed by atoms with Crippen LogP contribution in [0.1, 0.15) is 16.9 Å². The summed E-state index contributed by atoms with van der Waals surface area (Å²) < 4.78 is 23.9. The van der Waals surface area contributed by atoms with E-state index in [1.165, 1.54) is 28.8 Å². The fraction of sp³-hybridized carbons (Fsp3) is 0.455. The van der Waals surface area contributed by atoms with Gasteiger partial charge in [0.05, 0.1) is 5.92 Å². The van der Waals surface area contributed by atoms with E-state index in [1.807, 2.05) is 0 Å². The summed E-state index contributed by atoms with van der Waals surface area (Å²) in [7, 11) is -2.34. The Bertz CT molecular complexity index is 664. The third-order valence-electron chi connectivity index (χ3n) is 3.35. The van der Waals surface area contributed by atoms with Crippen LogP contribution < -0.4 is 5.14 Å². The molecule has 1 fully saturated rings. The van der Waals surface area contributed by atoms with E-state index in [0.29, 0.717) is 13.0 Å². The number of hydrogen-bond acceptors (Lipinski definition) is 4. The van der Waals surface area contributed by atoms with Gasteiger partial charge >= 0.3 is 5.97 Å². The van der Waals surface area contributed by atoms with Crippen molar-refractivity contribution < 1.29 is 23.1 Å². The van der Waals surface area contributed by atoms with Crippen LogP contribution in [0, 0.1) is 5.92 Å². The predicted octanol–water partition coefficient (Wildman–Crippen LogP) is -0.781. The molecule has 1 aromatic rings. The highest BCUT2D eigenvalue weighted by Crippen LogP contribution is 2.20. The maximum Gasteiger partial charge on any atom is 0.308 e. The molecule has 9 heteroatoms. The Morgan fingerprint density at radius 1 is 1.45 bits per heavy atom. The molecule has 0 spiro atoms. The summed E-state index contributed by atoms with van der Waals surface area (Å²) in [5.74, 6) is -1.90. The average Bonchev–Trinajstić information content (AvgIpc) is 2.93. The average molecular weight is 301 g/mol. The largest absolute Gasteiger partial charge is 0.481 e. The molecule has 0 aromatic carbocycles. The molecule has 0 radical (unpaired) electrons. The third kappa shape index (κ3) is 2.68. The molecule has 2 rings (SSSR count). The molecule has 1 aliphatic heterocycles. The summed E-state index contributed by atoms with van der Waals surface area (Å²) >= 11 is 0. The minimum Gasteiger partial charge on any atom is -0.481 e. The topological polar surface area (TPSA) is 123 Å². The molecular formula is C11H15N3O5S. The van der Waals surface area contributed by atoms with E-state index >= 15 is 0 Å². The van der Waals surface area contributed by atoms with Crippen LogP contribution in [0.25, 0.3) is 0 Å². The highest BCUT2D eigenvalue weighted by Gasteiger charge is 2.32. The second-order valence-corrected chi connectivity index (χ2v) is 6.35. The fourth-order valence-corrected chi connectivity index (χ4v) is 2.79. The van der Waals surface area contributed by atoms with Crippen LogP contribution >= 0.6 is 0 Å². The van der Waals surface area contributed by atoms with E-state index in [9.17, 15) is 18.0 Å². The Balaban J connectivity index is 2.23. The Labute approximate surface area is 115 Å². The van der Waals surface area contributed by atoms with E-state index in [4.69, 9.17) is 10.2 Å². The first-order chi connectivity index (χ1) is 9.20. The second kappa shape index (κ2) is 4.91. The molecule has 3 N–H and O–H groups in total. The van der Waals surface area contributed by atoms with Gasteiger partial charge in [-0.2, -0.15) is 0 Å². The molecule has 0 aliphatic carbocycles. The molecule has 2 heterocycles. The number of carboxylic acids is 1. The van der Waals surface area contributed by atoms with Gasteiger partial charge in [0, 0.05) is 26.3 Å². The minimum absolute atomic E-state index is 0.129. The number of rotatable bonds is 3. The first-order valence-corrected chi connectivity index (χ1v) is 7.46. The first kappa shape index (κ1) is 14.5. The molecule has 0 bridgehead atoms. The van der Waals surface area contributed by atoms with Gasteiger partial charge in [0.15, 0.2) is 0 Å². The summed E-state index contributed by atoms with van der Waals surface area (Å²) in [6, 6.07) is 1.20. The number of carbonyl (C=O) groups excluding carboxylic acids is 1. The number of hydrogen-bond donors (Lipinski definition) is 2. The predicted molar refractivity (Wildman–Crippen MR) is 68.4 cm³/mol. The third-order valence-corrected chi connectivity index (χ3v) is 4.23. The number of amides is 1. The molecule has 1 amide bonds. The summed E-state index contributed by atoms with van der Waals surface area (Å²) in [6.07, 6.45) is 1.65. The van der Waals surface area contributed by atoms with Crippen molar-refractivity contribution in [3.63, 3.8) is 0 Å². The minimum atomic E-state index is -3.87. The van der Waals surface area contributed by atoms with Crippen molar-refractivity contribution in [2.24, 2.45) is 18.1 Å². The van der Waals surface area contributed by atoms with Crippen LogP contribution in [0.2, 0.25) is 0 Å². The van der Waals surface area contributed by atoms with E-state index in [1.54, 1.807) is 0 Å². The van der Waals surface area contributed by atoms with Crippen molar-refractivity contribution in [2.75, 3.05) is 13.1 Å². The SMILES string of the molecule is Cn1cc(S(N)(=O)=O)cc1C(=O)N1CCC(C(=O)O)C1. The van der Waals surface area contributed by atoms with Gasteiger partial charge in [-0.05, 0) is 12.5 Å². The highest BCUT2D eigenvalue weighted by atomic mass is 32.2. The smallest absolute Gasteiger partial charge is 0.308 e. The summed E-state index contributed by atoms with van der Waals surface area (Å²) in [5.41, 5.74) is 0.167. The summed E-state index contributed by atoms with van der Waals surface area (Å²) in [4.78, 5) is 24.4. The maximum atomic E-state index is 12.3. The van der Waals surface area contributed by atoms with E-state index in [2.05, 4.69) is 0 Å². The first-order valence-electron chi connectivity index (χ1n) is 5.91. The number of aromatic nitrogens is 1. The molecule has 0 saturated carbocycles. The Morgan fingerprint density at radius 3 is 2.55 bits per heavy atom. The van der Waals surface area contributed by atoms with Gasteiger partial charge in [-0.15, -0.1) is 0 Å². The fourth-order valence-electron chi connectivity index (χ4n) is 2.21. The van der Waals surface area contributed by atoms with Gasteiger partial charge in [0.1, 0.15) is 10.6 Å². The summed E-state index contributed by atoms with van der Waals surface area (Å²) in [6.45, 7) is 0.468. The zero-order valence-electron chi connectivity index (χ0n) is 10.8. The van der Waals surface area contributed by atoms with E-state index < -0.39 is 27.8 Å². The number of sulfonamides is 1. The second-order valence-electron chi connectivity index (χ2n) is 4.79. The van der Waals surface area contributed by atoms with Crippen molar-refractivity contribution >= 4 is 21.9 Å². The number of nitrogens with two attached hydrogens (primary N) is 1. The van der Waals surface area contributed by atoms with Crippen molar-refractivity contribution in [2.45, 2.75) is 11.3 Å². The lowest BCUT2D eigenvalue weighted by Gasteiger charge is -2.15. The van der Waals surface area contributed by atoms with Crippen LogP contribution in [0.4, 0.5) is 0 Å². The van der Waals surface area contributed by atoms with Crippen LogP contribution in [-0.4, -0.2) is 48.0 Å². The molecule has 1 aliphatic rings. The standard InChI is InChI=1S/C11H15N3O5S/c1-13-6-8(20(12,18)19)4-9(13)10(15)14-3-2-7(5-14)11(16)17/h4,6-7H,2-3,5H2,1H3,(H,16,17)(H2,12,18,19). The van der Waals surface area contributed by atoms with Gasteiger partial charge < -0.3 is 14.6 Å². The molecular weight excluding hydrogens is 286 g/mol. The van der Waals surface area contributed by atoms with Gasteiger partial charge in [0.2, 0.25) is 10.0 Å². The van der Waals surface area contributed by atoms with Crippen LogP contribution in [0.3, 0.4) is 0 Å². The highest BCUT2D eigenvalue weighted by molar-refractivity contribution is 7.89. The lowest BCUT2D eigenvalue weighted by molar-refractivity contribution is -0.141. The zero-order chi connectivity index (χ0) is 15.1. The molecule has 1 saturated heterocycles. The van der Waals surface area contributed by atoms with Gasteiger partial charge in [-0.3, -0.25) is 9.59 Å². The lowest BCUT2D eigenvalue weighted by Crippen LogP contribution is -2.31. The Morgan fingerprint density at radius 2 is 2.10 bits per heavy atom. The molecule has 1 unspecified atom stereocenters. The van der Waals surface area contributed by atoms with Gasteiger partial charge in [-0.25, -0.2) is 13.6 Å². The monoisotopic (exact) mass is 301 g/mol. The Hall–Kier alpha value is -1.87. The van der Waals surface area contributed by atoms with Crippen LogP contribution in [-0.2, 0) is 21.9 Å². The zero-order valence-corrected chi connectivity index (χ0v) is 11.6. The van der Waals surface area contributed by atoms with E-state index in [-0.39, 0.29) is 17.1 Å². The van der Waals surface area contributed by atoms with Crippen molar-refractivity contribution in [3.8, 4) is 0 Å². The number of aryl methyl sites for hydroxylation is 1. The molecule has 20 heavy (non-hydrogen) atoms.